The molecule has 0 saturated carbocycles. The number of benzene rings is 2. The largest absolute Gasteiger partial charge is 0.378 e. The number of anilines is 5. The van der Waals surface area contributed by atoms with Gasteiger partial charge < -0.3 is 25.6 Å². The number of amides is 2. The SMILES string of the molecule is Cc1cc(Nc2ccc(NC(=O)Nc3ccc(C)c(C)c3)cc2)nc(N2CCOCC2)n1. The lowest BCUT2D eigenvalue weighted by Gasteiger charge is -2.27. The molecule has 3 aromatic rings. The molecule has 1 saturated heterocycles. The Bertz CT molecular complexity index is 1090. The fraction of sp³-hybridized carbons (Fsp3) is 0.292. The van der Waals surface area contributed by atoms with E-state index in [-0.39, 0.29) is 6.03 Å². The molecule has 166 valence electrons. The van der Waals surface area contributed by atoms with Gasteiger partial charge in [0.05, 0.1) is 13.2 Å². The Kier molecular flexibility index (Phi) is 6.51. The van der Waals surface area contributed by atoms with Gasteiger partial charge >= 0.3 is 6.03 Å². The number of carbonyl (C=O) groups is 1. The van der Waals surface area contributed by atoms with E-state index in [0.717, 1.165) is 41.5 Å². The van der Waals surface area contributed by atoms with Gasteiger partial charge in [-0.1, -0.05) is 6.07 Å². The maximum atomic E-state index is 12.3. The minimum absolute atomic E-state index is 0.282. The zero-order chi connectivity index (χ0) is 22.5. The summed E-state index contributed by atoms with van der Waals surface area (Å²) in [4.78, 5) is 23.6. The highest BCUT2D eigenvalue weighted by molar-refractivity contribution is 5.99. The van der Waals surface area contributed by atoms with E-state index in [1.54, 1.807) is 0 Å². The van der Waals surface area contributed by atoms with Gasteiger partial charge in [-0.3, -0.25) is 0 Å². The van der Waals surface area contributed by atoms with Gasteiger partial charge in [-0.15, -0.1) is 0 Å². The van der Waals surface area contributed by atoms with E-state index in [0.29, 0.717) is 24.8 Å². The maximum absolute atomic E-state index is 12.3. The Morgan fingerprint density at radius 1 is 0.844 bits per heavy atom. The first-order chi connectivity index (χ1) is 15.5. The maximum Gasteiger partial charge on any atom is 0.323 e. The normalized spacial score (nSPS) is 13.5. The number of nitrogens with zero attached hydrogens (tertiary/aromatic N) is 3. The number of nitrogens with one attached hydrogen (secondary N) is 3. The van der Waals surface area contributed by atoms with E-state index in [9.17, 15) is 4.79 Å². The van der Waals surface area contributed by atoms with Crippen LogP contribution in [-0.2, 0) is 4.74 Å². The van der Waals surface area contributed by atoms with Crippen molar-refractivity contribution in [3.8, 4) is 0 Å². The molecule has 2 amide bonds. The van der Waals surface area contributed by atoms with Gasteiger partial charge in [0, 0.05) is 41.9 Å². The molecule has 1 aliphatic heterocycles. The van der Waals surface area contributed by atoms with Crippen LogP contribution in [0, 0.1) is 20.8 Å². The van der Waals surface area contributed by atoms with Crippen molar-refractivity contribution in [3.63, 3.8) is 0 Å². The number of rotatable bonds is 5. The van der Waals surface area contributed by atoms with Gasteiger partial charge in [-0.05, 0) is 68.3 Å². The van der Waals surface area contributed by atoms with Crippen molar-refractivity contribution in [1.82, 2.24) is 9.97 Å². The first-order valence-corrected chi connectivity index (χ1v) is 10.7. The first-order valence-electron chi connectivity index (χ1n) is 10.7. The summed E-state index contributed by atoms with van der Waals surface area (Å²) in [5.74, 6) is 1.43. The molecule has 8 heteroatoms. The van der Waals surface area contributed by atoms with Crippen molar-refractivity contribution >= 4 is 34.9 Å². The predicted molar refractivity (Wildman–Crippen MR) is 128 cm³/mol. The molecule has 2 heterocycles. The number of carbonyl (C=O) groups excluding carboxylic acids is 1. The smallest absolute Gasteiger partial charge is 0.323 e. The van der Waals surface area contributed by atoms with Crippen LogP contribution in [0.4, 0.5) is 33.6 Å². The molecule has 8 nitrogen and oxygen atoms in total. The Hall–Kier alpha value is -3.65. The monoisotopic (exact) mass is 432 g/mol. The number of hydrogen-bond acceptors (Lipinski definition) is 6. The summed E-state index contributed by atoms with van der Waals surface area (Å²) in [5.41, 5.74) is 5.55. The lowest BCUT2D eigenvalue weighted by molar-refractivity contribution is 0.122. The van der Waals surface area contributed by atoms with E-state index < -0.39 is 0 Å². The molecule has 1 aromatic heterocycles. The van der Waals surface area contributed by atoms with Crippen LogP contribution in [0.15, 0.2) is 48.5 Å². The van der Waals surface area contributed by atoms with E-state index in [1.165, 1.54) is 5.56 Å². The van der Waals surface area contributed by atoms with Crippen LogP contribution in [0.25, 0.3) is 0 Å². The highest BCUT2D eigenvalue weighted by Gasteiger charge is 2.15. The zero-order valence-electron chi connectivity index (χ0n) is 18.6. The molecule has 1 aliphatic rings. The number of aromatic nitrogens is 2. The van der Waals surface area contributed by atoms with Crippen LogP contribution < -0.4 is 20.9 Å². The number of morpholine rings is 1. The Morgan fingerprint density at radius 3 is 2.22 bits per heavy atom. The van der Waals surface area contributed by atoms with Crippen LogP contribution >= 0.6 is 0 Å². The average Bonchev–Trinajstić information content (AvgIpc) is 2.78. The van der Waals surface area contributed by atoms with E-state index in [4.69, 9.17) is 4.74 Å². The van der Waals surface area contributed by atoms with Gasteiger partial charge in [0.15, 0.2) is 0 Å². The third kappa shape index (κ3) is 5.53. The van der Waals surface area contributed by atoms with Crippen LogP contribution in [0.1, 0.15) is 16.8 Å². The minimum Gasteiger partial charge on any atom is -0.378 e. The molecular formula is C24H28N6O2. The molecular weight excluding hydrogens is 404 g/mol. The second kappa shape index (κ2) is 9.65. The third-order valence-corrected chi connectivity index (χ3v) is 5.32. The highest BCUT2D eigenvalue weighted by Crippen LogP contribution is 2.21. The van der Waals surface area contributed by atoms with Crippen molar-refractivity contribution < 1.29 is 9.53 Å². The highest BCUT2D eigenvalue weighted by atomic mass is 16.5. The molecule has 3 N–H and O–H groups in total. The van der Waals surface area contributed by atoms with Gasteiger partial charge in [-0.25, -0.2) is 9.78 Å². The van der Waals surface area contributed by atoms with Gasteiger partial charge in [-0.2, -0.15) is 4.98 Å². The number of ether oxygens (including phenoxy) is 1. The van der Waals surface area contributed by atoms with Crippen molar-refractivity contribution in [2.75, 3.05) is 47.2 Å². The number of hydrogen-bond donors (Lipinski definition) is 3. The molecule has 0 spiro atoms. The quantitative estimate of drug-likeness (QED) is 0.545. The Balaban J connectivity index is 1.38. The van der Waals surface area contributed by atoms with Crippen molar-refractivity contribution in [3.05, 3.63) is 65.4 Å². The van der Waals surface area contributed by atoms with Crippen molar-refractivity contribution in [1.29, 1.82) is 0 Å². The molecule has 0 unspecified atom stereocenters. The topological polar surface area (TPSA) is 91.4 Å². The second-order valence-electron chi connectivity index (χ2n) is 7.87. The summed E-state index contributed by atoms with van der Waals surface area (Å²) in [6.45, 7) is 8.96. The third-order valence-electron chi connectivity index (χ3n) is 5.32. The van der Waals surface area contributed by atoms with Crippen LogP contribution in [-0.4, -0.2) is 42.3 Å². The Morgan fingerprint density at radius 2 is 1.50 bits per heavy atom. The second-order valence-corrected chi connectivity index (χ2v) is 7.87. The Labute approximate surface area is 188 Å². The fourth-order valence-electron chi connectivity index (χ4n) is 3.42. The van der Waals surface area contributed by atoms with E-state index in [1.807, 2.05) is 69.3 Å². The number of urea groups is 1. The van der Waals surface area contributed by atoms with Crippen LogP contribution in [0.5, 0.6) is 0 Å². The van der Waals surface area contributed by atoms with Crippen LogP contribution in [0.2, 0.25) is 0 Å². The van der Waals surface area contributed by atoms with Gasteiger partial charge in [0.2, 0.25) is 5.95 Å². The summed E-state index contributed by atoms with van der Waals surface area (Å²) < 4.78 is 5.41. The summed E-state index contributed by atoms with van der Waals surface area (Å²) in [5, 5.41) is 9.03. The minimum atomic E-state index is -0.282. The van der Waals surface area contributed by atoms with E-state index >= 15 is 0 Å². The molecule has 0 bridgehead atoms. The lowest BCUT2D eigenvalue weighted by Crippen LogP contribution is -2.37. The molecule has 2 aromatic carbocycles. The lowest BCUT2D eigenvalue weighted by atomic mass is 10.1. The van der Waals surface area contributed by atoms with Gasteiger partial charge in [0.25, 0.3) is 0 Å². The fourth-order valence-corrected chi connectivity index (χ4v) is 3.42. The zero-order valence-corrected chi connectivity index (χ0v) is 18.6. The van der Waals surface area contributed by atoms with Gasteiger partial charge in [0.1, 0.15) is 5.82 Å². The predicted octanol–water partition coefficient (Wildman–Crippen LogP) is 4.63. The molecule has 1 fully saturated rings. The summed E-state index contributed by atoms with van der Waals surface area (Å²) >= 11 is 0. The van der Waals surface area contributed by atoms with Crippen LogP contribution in [0.3, 0.4) is 0 Å². The summed E-state index contributed by atoms with van der Waals surface area (Å²) in [6, 6.07) is 15.0. The van der Waals surface area contributed by atoms with E-state index in [2.05, 4.69) is 30.8 Å². The standard InChI is InChI=1S/C24H28N6O2/c1-16-4-5-21(14-17(16)2)28-24(31)27-20-8-6-19(7-9-20)26-22-15-18(3)25-23(29-22)30-10-12-32-13-11-30/h4-9,14-15H,10-13H2,1-3H3,(H,25,26,29)(H2,27,28,31). The molecule has 0 radical (unpaired) electrons. The first kappa shape index (κ1) is 21.6. The van der Waals surface area contributed by atoms with Crippen molar-refractivity contribution in [2.45, 2.75) is 20.8 Å². The molecule has 32 heavy (non-hydrogen) atoms. The molecule has 0 aliphatic carbocycles. The summed E-state index contributed by atoms with van der Waals surface area (Å²) in [6.07, 6.45) is 0. The van der Waals surface area contributed by atoms with Crippen molar-refractivity contribution in [2.24, 2.45) is 0 Å². The number of aryl methyl sites for hydroxylation is 3. The summed E-state index contributed by atoms with van der Waals surface area (Å²) in [7, 11) is 0. The average molecular weight is 433 g/mol. The molecule has 4 rings (SSSR count). The molecule has 0 atom stereocenters.